The Morgan fingerprint density at radius 3 is 3.08 bits per heavy atom. The van der Waals surface area contributed by atoms with Gasteiger partial charge < -0.3 is 5.11 Å². The molecule has 1 atom stereocenters. The van der Waals surface area contributed by atoms with Crippen LogP contribution in [0.5, 0.6) is 0 Å². The summed E-state index contributed by atoms with van der Waals surface area (Å²) in [6.45, 7) is 0. The maximum atomic E-state index is 11.1. The third-order valence-corrected chi connectivity index (χ3v) is 1.74. The first kappa shape index (κ1) is 6.97. The molecule has 0 fully saturated rings. The van der Waals surface area contributed by atoms with Gasteiger partial charge in [0.25, 0.3) is 5.91 Å². The highest BCUT2D eigenvalue weighted by molar-refractivity contribution is 6.18. The second kappa shape index (κ2) is 2.41. The molecular formula is C8H6N2O2. The van der Waals surface area contributed by atoms with Crippen molar-refractivity contribution in [3.05, 3.63) is 24.0 Å². The van der Waals surface area contributed by atoms with E-state index in [1.165, 1.54) is 18.5 Å². The van der Waals surface area contributed by atoms with Crippen molar-refractivity contribution in [2.75, 3.05) is 0 Å². The third-order valence-electron chi connectivity index (χ3n) is 1.74. The number of allylic oxidation sites excluding steroid dienone is 2. The van der Waals surface area contributed by atoms with Crippen LogP contribution in [0.15, 0.2) is 34.0 Å². The number of aliphatic imine (C=N–C) groups is 2. The molecule has 0 aromatic carbocycles. The largest absolute Gasteiger partial charge is 0.508 e. The SMILES string of the molecule is O=C1N=CN=C2C=CC(O)=CC12. The fourth-order valence-corrected chi connectivity index (χ4v) is 1.14. The van der Waals surface area contributed by atoms with E-state index in [2.05, 4.69) is 9.98 Å². The van der Waals surface area contributed by atoms with Gasteiger partial charge in [0.2, 0.25) is 0 Å². The first-order valence-corrected chi connectivity index (χ1v) is 3.50. The number of amides is 1. The molecule has 0 aromatic heterocycles. The second-order valence-electron chi connectivity index (χ2n) is 2.54. The van der Waals surface area contributed by atoms with Crippen LogP contribution in [0.2, 0.25) is 0 Å². The van der Waals surface area contributed by atoms with Crippen molar-refractivity contribution < 1.29 is 9.90 Å². The maximum Gasteiger partial charge on any atom is 0.260 e. The maximum absolute atomic E-state index is 11.1. The number of aliphatic hydroxyl groups is 1. The Hall–Kier alpha value is -1.71. The zero-order chi connectivity index (χ0) is 8.55. The number of carbonyl (C=O) groups is 1. The van der Waals surface area contributed by atoms with Gasteiger partial charge in [0.15, 0.2) is 0 Å². The number of hydrogen-bond acceptors (Lipinski definition) is 3. The number of rotatable bonds is 0. The highest BCUT2D eigenvalue weighted by Gasteiger charge is 2.24. The fraction of sp³-hybridized carbons (Fsp3) is 0.125. The van der Waals surface area contributed by atoms with Crippen LogP contribution >= 0.6 is 0 Å². The number of hydrogen-bond donors (Lipinski definition) is 1. The summed E-state index contributed by atoms with van der Waals surface area (Å²) in [5.41, 5.74) is 0.632. The van der Waals surface area contributed by atoms with Crippen molar-refractivity contribution in [3.63, 3.8) is 0 Å². The van der Waals surface area contributed by atoms with E-state index in [4.69, 9.17) is 5.11 Å². The lowest BCUT2D eigenvalue weighted by Crippen LogP contribution is -2.24. The summed E-state index contributed by atoms with van der Waals surface area (Å²) < 4.78 is 0. The normalized spacial score (nSPS) is 26.3. The van der Waals surface area contributed by atoms with Crippen molar-refractivity contribution in [3.8, 4) is 0 Å². The Balaban J connectivity index is 2.43. The van der Waals surface area contributed by atoms with Crippen molar-refractivity contribution in [2.45, 2.75) is 0 Å². The van der Waals surface area contributed by atoms with E-state index >= 15 is 0 Å². The summed E-state index contributed by atoms with van der Waals surface area (Å²) in [5, 5.41) is 9.08. The number of fused-ring (bicyclic) bond motifs is 1. The minimum Gasteiger partial charge on any atom is -0.508 e. The Morgan fingerprint density at radius 1 is 1.42 bits per heavy atom. The molecule has 1 aliphatic heterocycles. The van der Waals surface area contributed by atoms with Crippen LogP contribution in [0.3, 0.4) is 0 Å². The Labute approximate surface area is 68.6 Å². The first-order valence-electron chi connectivity index (χ1n) is 3.50. The summed E-state index contributed by atoms with van der Waals surface area (Å²) in [6, 6.07) is 0. The molecular weight excluding hydrogens is 156 g/mol. The van der Waals surface area contributed by atoms with Crippen molar-refractivity contribution >= 4 is 18.0 Å². The van der Waals surface area contributed by atoms with E-state index in [0.717, 1.165) is 0 Å². The molecule has 0 radical (unpaired) electrons. The number of aliphatic hydroxyl groups excluding tert-OH is 1. The Bertz CT molecular complexity index is 350. The van der Waals surface area contributed by atoms with Gasteiger partial charge in [-0.3, -0.25) is 4.79 Å². The molecule has 2 rings (SSSR count). The van der Waals surface area contributed by atoms with Crippen molar-refractivity contribution in [1.29, 1.82) is 0 Å². The van der Waals surface area contributed by atoms with Crippen LogP contribution in [0.4, 0.5) is 0 Å². The minimum atomic E-state index is -0.486. The van der Waals surface area contributed by atoms with Gasteiger partial charge >= 0.3 is 0 Å². The molecule has 1 unspecified atom stereocenters. The Morgan fingerprint density at radius 2 is 2.25 bits per heavy atom. The first-order chi connectivity index (χ1) is 5.77. The summed E-state index contributed by atoms with van der Waals surface area (Å²) in [7, 11) is 0. The van der Waals surface area contributed by atoms with Crippen LogP contribution < -0.4 is 0 Å². The molecule has 4 heteroatoms. The summed E-state index contributed by atoms with van der Waals surface area (Å²) in [6.07, 6.45) is 5.79. The van der Waals surface area contributed by atoms with Gasteiger partial charge in [0.05, 0.1) is 5.71 Å². The quantitative estimate of drug-likeness (QED) is 0.567. The number of nitrogens with zero attached hydrogens (tertiary/aromatic N) is 2. The van der Waals surface area contributed by atoms with Crippen molar-refractivity contribution in [2.24, 2.45) is 15.9 Å². The van der Waals surface area contributed by atoms with Gasteiger partial charge in [-0.2, -0.15) is 0 Å². The van der Waals surface area contributed by atoms with Gasteiger partial charge in [0.1, 0.15) is 18.0 Å². The molecule has 1 heterocycles. The standard InChI is InChI=1S/C8H6N2O2/c11-5-1-2-7-6(3-5)8(12)10-4-9-7/h1-4,6,11H. The molecule has 1 amide bonds. The molecule has 2 aliphatic rings. The molecule has 0 bridgehead atoms. The molecule has 0 spiro atoms. The highest BCUT2D eigenvalue weighted by Crippen LogP contribution is 2.16. The lowest BCUT2D eigenvalue weighted by Gasteiger charge is -2.14. The number of carbonyl (C=O) groups excluding carboxylic acids is 1. The lowest BCUT2D eigenvalue weighted by atomic mass is 9.96. The van der Waals surface area contributed by atoms with Gasteiger partial charge in [0, 0.05) is 0 Å². The molecule has 0 aromatic rings. The van der Waals surface area contributed by atoms with E-state index < -0.39 is 5.92 Å². The van der Waals surface area contributed by atoms with Crippen LogP contribution in [0.1, 0.15) is 0 Å². The van der Waals surface area contributed by atoms with Crippen LogP contribution in [-0.4, -0.2) is 23.1 Å². The topological polar surface area (TPSA) is 62.0 Å². The Kier molecular flexibility index (Phi) is 1.40. The van der Waals surface area contributed by atoms with E-state index in [0.29, 0.717) is 5.71 Å². The zero-order valence-electron chi connectivity index (χ0n) is 6.14. The smallest absolute Gasteiger partial charge is 0.260 e. The summed E-state index contributed by atoms with van der Waals surface area (Å²) in [5.74, 6) is -0.680. The summed E-state index contributed by atoms with van der Waals surface area (Å²) in [4.78, 5) is 18.5. The average Bonchev–Trinajstić information content (AvgIpc) is 2.07. The van der Waals surface area contributed by atoms with Gasteiger partial charge in [-0.15, -0.1) is 0 Å². The van der Waals surface area contributed by atoms with Gasteiger partial charge in [-0.25, -0.2) is 9.98 Å². The molecule has 0 saturated heterocycles. The monoisotopic (exact) mass is 162 g/mol. The van der Waals surface area contributed by atoms with E-state index in [9.17, 15) is 4.79 Å². The molecule has 0 saturated carbocycles. The average molecular weight is 162 g/mol. The molecule has 4 nitrogen and oxygen atoms in total. The predicted molar refractivity (Wildman–Crippen MR) is 44.3 cm³/mol. The second-order valence-corrected chi connectivity index (χ2v) is 2.54. The van der Waals surface area contributed by atoms with Crippen LogP contribution in [-0.2, 0) is 4.79 Å². The lowest BCUT2D eigenvalue weighted by molar-refractivity contribution is -0.118. The zero-order valence-corrected chi connectivity index (χ0v) is 6.14. The van der Waals surface area contributed by atoms with Gasteiger partial charge in [-0.1, -0.05) is 0 Å². The fourth-order valence-electron chi connectivity index (χ4n) is 1.14. The van der Waals surface area contributed by atoms with E-state index in [1.54, 1.807) is 6.08 Å². The van der Waals surface area contributed by atoms with E-state index in [1.807, 2.05) is 0 Å². The highest BCUT2D eigenvalue weighted by atomic mass is 16.3. The van der Waals surface area contributed by atoms with Crippen molar-refractivity contribution in [1.82, 2.24) is 0 Å². The van der Waals surface area contributed by atoms with Gasteiger partial charge in [-0.05, 0) is 18.2 Å². The van der Waals surface area contributed by atoms with Crippen LogP contribution in [0, 0.1) is 5.92 Å². The molecule has 1 N–H and O–H groups in total. The third kappa shape index (κ3) is 0.972. The van der Waals surface area contributed by atoms with E-state index in [-0.39, 0.29) is 11.7 Å². The molecule has 1 aliphatic carbocycles. The van der Waals surface area contributed by atoms with Crippen LogP contribution in [0.25, 0.3) is 0 Å². The molecule has 12 heavy (non-hydrogen) atoms. The summed E-state index contributed by atoms with van der Waals surface area (Å²) >= 11 is 0. The minimum absolute atomic E-state index is 0.0874. The molecule has 60 valence electrons. The predicted octanol–water partition coefficient (Wildman–Crippen LogP) is 0.624.